The zero-order valence-corrected chi connectivity index (χ0v) is 25.2. The number of benzene rings is 2. The first-order chi connectivity index (χ1) is 17.3. The molecular weight excluding hydrogens is 480 g/mol. The lowest BCUT2D eigenvalue weighted by Crippen LogP contribution is -2.68. The van der Waals surface area contributed by atoms with E-state index in [2.05, 4.69) is 88.0 Å². The number of hydrogen-bond acceptors (Lipinski definition) is 4. The van der Waals surface area contributed by atoms with Gasteiger partial charge in [-0.1, -0.05) is 101 Å². The Labute approximate surface area is 221 Å². The van der Waals surface area contributed by atoms with Crippen LogP contribution in [0.3, 0.4) is 0 Å². The number of rotatable bonds is 12. The second-order valence-corrected chi connectivity index (χ2v) is 17.5. The second kappa shape index (κ2) is 12.8. The summed E-state index contributed by atoms with van der Waals surface area (Å²) in [7, 11) is -5.75. The molecule has 6 heteroatoms. The van der Waals surface area contributed by atoms with Gasteiger partial charge >= 0.3 is 8.80 Å². The molecule has 198 valence electrons. The maximum atomic E-state index is 7.61. The maximum absolute atomic E-state index is 7.61. The summed E-state index contributed by atoms with van der Waals surface area (Å²) >= 11 is 0. The highest BCUT2D eigenvalue weighted by Gasteiger charge is 2.55. The van der Waals surface area contributed by atoms with Crippen molar-refractivity contribution < 1.29 is 17.7 Å². The Morgan fingerprint density at radius 1 is 0.778 bits per heavy atom. The summed E-state index contributed by atoms with van der Waals surface area (Å²) in [6.45, 7) is 19.3. The first-order valence-corrected chi connectivity index (χ1v) is 17.3. The molecule has 2 aromatic carbocycles. The molecule has 0 unspecified atom stereocenters. The average molecular weight is 527 g/mol. The maximum Gasteiger partial charge on any atom is 0.532 e. The van der Waals surface area contributed by atoms with Crippen LogP contribution in [0.4, 0.5) is 0 Å². The van der Waals surface area contributed by atoms with Gasteiger partial charge in [-0.05, 0) is 54.2 Å². The standard InChI is InChI=1S/C30H46O4Si2/c1-8-31-36(32-9-2,33-10-3)25(4)28-23-17-18-24-29(28)34-35(30(5,6)7,26-19-13-11-14-20-26)27-21-15-12-16-22-27/h11-16,19-22,28-29H,4,8-10,17-18,23-24H2,1-3,5-7H3/t28-,29+/m1/s1. The molecule has 0 bridgehead atoms. The van der Waals surface area contributed by atoms with Gasteiger partial charge in [0.05, 0.1) is 6.10 Å². The minimum Gasteiger partial charge on any atom is -0.404 e. The Hall–Kier alpha value is -1.55. The fraction of sp³-hybridized carbons (Fsp3) is 0.533. The molecule has 2 aromatic rings. The molecule has 4 nitrogen and oxygen atoms in total. The summed E-state index contributed by atoms with van der Waals surface area (Å²) in [5.74, 6) is 0.136. The highest BCUT2D eigenvalue weighted by molar-refractivity contribution is 6.99. The predicted octanol–water partition coefficient (Wildman–Crippen LogP) is 6.27. The minimum absolute atomic E-state index is 0.0331. The minimum atomic E-state index is -3.07. The molecule has 0 spiro atoms. The lowest BCUT2D eigenvalue weighted by molar-refractivity contribution is 0.0610. The zero-order valence-electron chi connectivity index (χ0n) is 23.2. The topological polar surface area (TPSA) is 36.9 Å². The summed E-state index contributed by atoms with van der Waals surface area (Å²) in [4.78, 5) is 0. The monoisotopic (exact) mass is 526 g/mol. The van der Waals surface area contributed by atoms with Crippen molar-refractivity contribution in [2.24, 2.45) is 5.92 Å². The van der Waals surface area contributed by atoms with Crippen molar-refractivity contribution >= 4 is 27.5 Å². The van der Waals surface area contributed by atoms with Crippen molar-refractivity contribution in [3.05, 3.63) is 72.4 Å². The molecule has 1 aliphatic rings. The van der Waals surface area contributed by atoms with Gasteiger partial charge in [0.1, 0.15) is 0 Å². The molecule has 1 fully saturated rings. The first kappa shape index (κ1) is 29.0. The lowest BCUT2D eigenvalue weighted by Gasteiger charge is -2.48. The molecule has 0 radical (unpaired) electrons. The SMILES string of the molecule is C=C([C@H]1CCCC[C@@H]1O[Si](c1ccccc1)(c1ccccc1)C(C)(C)C)[Si](OCC)(OCC)OCC. The molecule has 2 atom stereocenters. The van der Waals surface area contributed by atoms with Crippen LogP contribution in [0.25, 0.3) is 0 Å². The van der Waals surface area contributed by atoms with Crippen LogP contribution in [-0.4, -0.2) is 43.0 Å². The molecule has 0 amide bonds. The molecule has 1 aliphatic carbocycles. The molecule has 1 saturated carbocycles. The third-order valence-corrected chi connectivity index (χ3v) is 15.5. The van der Waals surface area contributed by atoms with E-state index in [1.54, 1.807) is 0 Å². The summed E-state index contributed by atoms with van der Waals surface area (Å²) in [6.07, 6.45) is 4.36. The Bertz CT molecular complexity index is 886. The van der Waals surface area contributed by atoms with Crippen molar-refractivity contribution in [1.29, 1.82) is 0 Å². The predicted molar refractivity (Wildman–Crippen MR) is 154 cm³/mol. The Morgan fingerprint density at radius 3 is 1.64 bits per heavy atom. The van der Waals surface area contributed by atoms with Crippen LogP contribution in [0.5, 0.6) is 0 Å². The van der Waals surface area contributed by atoms with Crippen molar-refractivity contribution in [2.75, 3.05) is 19.8 Å². The Kier molecular flexibility index (Phi) is 10.3. The van der Waals surface area contributed by atoms with Crippen LogP contribution in [0.15, 0.2) is 72.4 Å². The van der Waals surface area contributed by atoms with E-state index in [0.29, 0.717) is 19.8 Å². The van der Waals surface area contributed by atoms with Crippen LogP contribution in [0.1, 0.15) is 67.2 Å². The fourth-order valence-corrected chi connectivity index (χ4v) is 13.2. The molecule has 36 heavy (non-hydrogen) atoms. The Morgan fingerprint density at radius 2 is 1.22 bits per heavy atom. The van der Waals surface area contributed by atoms with Crippen LogP contribution in [-0.2, 0) is 17.7 Å². The van der Waals surface area contributed by atoms with Gasteiger partial charge in [-0.3, -0.25) is 0 Å². The van der Waals surface area contributed by atoms with Crippen molar-refractivity contribution in [3.8, 4) is 0 Å². The third kappa shape index (κ3) is 5.95. The largest absolute Gasteiger partial charge is 0.532 e. The van der Waals surface area contributed by atoms with E-state index in [1.807, 2.05) is 20.8 Å². The quantitative estimate of drug-likeness (QED) is 0.306. The summed E-state index contributed by atoms with van der Waals surface area (Å²) in [6, 6.07) is 21.8. The second-order valence-electron chi connectivity index (χ2n) is 10.6. The van der Waals surface area contributed by atoms with E-state index in [1.165, 1.54) is 10.4 Å². The van der Waals surface area contributed by atoms with Gasteiger partial charge in [-0.2, -0.15) is 0 Å². The number of hydrogen-bond donors (Lipinski definition) is 0. The van der Waals surface area contributed by atoms with Gasteiger partial charge in [-0.15, -0.1) is 0 Å². The van der Waals surface area contributed by atoms with E-state index in [9.17, 15) is 0 Å². The van der Waals surface area contributed by atoms with E-state index in [0.717, 1.165) is 30.9 Å². The highest BCUT2D eigenvalue weighted by atomic mass is 28.4. The zero-order chi connectivity index (χ0) is 26.2. The average Bonchev–Trinajstić information content (AvgIpc) is 2.88. The van der Waals surface area contributed by atoms with Crippen LogP contribution in [0, 0.1) is 5.92 Å². The first-order valence-electron chi connectivity index (χ1n) is 13.7. The molecule has 0 aromatic heterocycles. The van der Waals surface area contributed by atoms with Gasteiger partial charge in [0.25, 0.3) is 8.32 Å². The van der Waals surface area contributed by atoms with Crippen LogP contribution < -0.4 is 10.4 Å². The van der Waals surface area contributed by atoms with Gasteiger partial charge in [0.2, 0.25) is 0 Å². The third-order valence-electron chi connectivity index (χ3n) is 7.29. The van der Waals surface area contributed by atoms with Crippen molar-refractivity contribution in [2.45, 2.75) is 78.4 Å². The van der Waals surface area contributed by atoms with Gasteiger partial charge in [-0.25, -0.2) is 0 Å². The summed E-state index contributed by atoms with van der Waals surface area (Å²) in [5, 5.41) is 3.52. The van der Waals surface area contributed by atoms with Crippen LogP contribution >= 0.6 is 0 Å². The molecule has 0 saturated heterocycles. The van der Waals surface area contributed by atoms with E-state index in [-0.39, 0.29) is 17.1 Å². The lowest BCUT2D eigenvalue weighted by atomic mass is 9.86. The fourth-order valence-electron chi connectivity index (χ4n) is 5.76. The summed E-state index contributed by atoms with van der Waals surface area (Å²) < 4.78 is 26.5. The molecule has 3 rings (SSSR count). The Balaban J connectivity index is 2.11. The van der Waals surface area contributed by atoms with Crippen molar-refractivity contribution in [1.82, 2.24) is 0 Å². The molecule has 0 N–H and O–H groups in total. The molecular formula is C30H46O4Si2. The van der Waals surface area contributed by atoms with E-state index < -0.39 is 17.1 Å². The smallest absolute Gasteiger partial charge is 0.404 e. The van der Waals surface area contributed by atoms with Gasteiger partial charge < -0.3 is 17.7 Å². The highest BCUT2D eigenvalue weighted by Crippen LogP contribution is 2.43. The normalized spacial score (nSPS) is 19.3. The summed E-state index contributed by atoms with van der Waals surface area (Å²) in [5.41, 5.74) is 0. The molecule has 0 heterocycles. The van der Waals surface area contributed by atoms with Crippen LogP contribution in [0.2, 0.25) is 5.04 Å². The van der Waals surface area contributed by atoms with E-state index in [4.69, 9.17) is 17.7 Å². The van der Waals surface area contributed by atoms with E-state index >= 15 is 0 Å². The molecule has 0 aliphatic heterocycles. The van der Waals surface area contributed by atoms with Crippen molar-refractivity contribution in [3.63, 3.8) is 0 Å². The van der Waals surface area contributed by atoms with Gasteiger partial charge in [0, 0.05) is 25.7 Å². The van der Waals surface area contributed by atoms with Gasteiger partial charge in [0.15, 0.2) is 0 Å².